The van der Waals surface area contributed by atoms with Crippen LogP contribution >= 0.6 is 0 Å². The molecule has 0 N–H and O–H groups in total. The van der Waals surface area contributed by atoms with Gasteiger partial charge in [-0.2, -0.15) is 0 Å². The van der Waals surface area contributed by atoms with Crippen molar-refractivity contribution in [3.8, 4) is 0 Å². The summed E-state index contributed by atoms with van der Waals surface area (Å²) in [6.07, 6.45) is 6.72. The Morgan fingerprint density at radius 1 is 1.20 bits per heavy atom. The molecule has 0 fully saturated rings. The van der Waals surface area contributed by atoms with E-state index in [1.54, 1.807) is 0 Å². The summed E-state index contributed by atoms with van der Waals surface area (Å²) in [5.74, 6) is 0. The van der Waals surface area contributed by atoms with Gasteiger partial charge in [0.05, 0.1) is 0 Å². The molecule has 0 atom stereocenters. The van der Waals surface area contributed by atoms with Crippen molar-refractivity contribution in [2.75, 3.05) is 13.6 Å². The van der Waals surface area contributed by atoms with Gasteiger partial charge < -0.3 is 4.90 Å². The van der Waals surface area contributed by atoms with Crippen LogP contribution in [0.4, 0.5) is 0 Å². The van der Waals surface area contributed by atoms with E-state index in [1.807, 2.05) is 6.92 Å². The Hall–Kier alpha value is -0.980. The van der Waals surface area contributed by atoms with Crippen molar-refractivity contribution in [2.45, 2.75) is 40.5 Å². The van der Waals surface area contributed by atoms with Crippen molar-refractivity contribution >= 4 is 0 Å². The van der Waals surface area contributed by atoms with Crippen molar-refractivity contribution in [2.24, 2.45) is 0 Å². The summed E-state index contributed by atoms with van der Waals surface area (Å²) in [6, 6.07) is 0. The summed E-state index contributed by atoms with van der Waals surface area (Å²) >= 11 is 0. The first-order chi connectivity index (χ1) is 6.99. The molecule has 0 aliphatic heterocycles. The van der Waals surface area contributed by atoms with Gasteiger partial charge in [0, 0.05) is 19.3 Å². The Kier molecular flexibility index (Phi) is 6.85. The van der Waals surface area contributed by atoms with Crippen LogP contribution in [-0.4, -0.2) is 18.5 Å². The monoisotopic (exact) mass is 207 g/mol. The van der Waals surface area contributed by atoms with Crippen LogP contribution in [0.2, 0.25) is 0 Å². The minimum atomic E-state index is 1.10. The quantitative estimate of drug-likeness (QED) is 0.592. The lowest BCUT2D eigenvalue weighted by molar-refractivity contribution is 0.414. The fourth-order valence-corrected chi connectivity index (χ4v) is 1.41. The molecule has 0 aromatic heterocycles. The van der Waals surface area contributed by atoms with Crippen molar-refractivity contribution in [1.29, 1.82) is 0 Å². The van der Waals surface area contributed by atoms with Gasteiger partial charge in [-0.1, -0.05) is 37.1 Å². The van der Waals surface area contributed by atoms with Gasteiger partial charge in [0.2, 0.25) is 0 Å². The first-order valence-electron chi connectivity index (χ1n) is 5.71. The van der Waals surface area contributed by atoms with Gasteiger partial charge in [-0.25, -0.2) is 0 Å². The summed E-state index contributed by atoms with van der Waals surface area (Å²) in [5.41, 5.74) is 3.76. The minimum Gasteiger partial charge on any atom is -0.375 e. The van der Waals surface area contributed by atoms with Crippen molar-refractivity contribution in [3.05, 3.63) is 35.6 Å². The molecule has 0 unspecified atom stereocenters. The number of rotatable bonds is 6. The zero-order valence-corrected chi connectivity index (χ0v) is 10.9. The first-order valence-corrected chi connectivity index (χ1v) is 5.71. The maximum absolute atomic E-state index is 3.88. The Morgan fingerprint density at radius 3 is 2.20 bits per heavy atom. The highest BCUT2D eigenvalue weighted by Crippen LogP contribution is 2.11. The van der Waals surface area contributed by atoms with Crippen LogP contribution in [0, 0.1) is 0 Å². The highest BCUT2D eigenvalue weighted by molar-refractivity contribution is 5.27. The molecular weight excluding hydrogens is 182 g/mol. The third-order valence-corrected chi connectivity index (χ3v) is 2.30. The normalized spacial score (nSPS) is 10.5. The first kappa shape index (κ1) is 14.0. The van der Waals surface area contributed by atoms with Crippen LogP contribution in [0.3, 0.4) is 0 Å². The highest BCUT2D eigenvalue weighted by Gasteiger charge is 2.01. The predicted octanol–water partition coefficient (Wildman–Crippen LogP) is 4.14. The van der Waals surface area contributed by atoms with Gasteiger partial charge >= 0.3 is 0 Å². The second-order valence-corrected chi connectivity index (χ2v) is 4.34. The standard InChI is InChI=1S/C14H25N/c1-7-8-11-15(6)14(13(4)5)10-9-12(2)3/h9-10H,2,7-8,11H2,1,3-6H3/b10-9-. The fourth-order valence-electron chi connectivity index (χ4n) is 1.41. The van der Waals surface area contributed by atoms with Crippen molar-refractivity contribution < 1.29 is 0 Å². The molecule has 0 radical (unpaired) electrons. The van der Waals surface area contributed by atoms with Gasteiger partial charge in [0.15, 0.2) is 0 Å². The lowest BCUT2D eigenvalue weighted by Gasteiger charge is -2.21. The summed E-state index contributed by atoms with van der Waals surface area (Å²) in [7, 11) is 2.15. The van der Waals surface area contributed by atoms with Crippen LogP contribution in [0.25, 0.3) is 0 Å². The maximum atomic E-state index is 3.88. The molecular formula is C14H25N. The molecule has 0 aromatic rings. The zero-order valence-electron chi connectivity index (χ0n) is 10.9. The topological polar surface area (TPSA) is 3.24 Å². The molecule has 0 spiro atoms. The minimum absolute atomic E-state index is 1.10. The fraction of sp³-hybridized carbons (Fsp3) is 0.571. The van der Waals surface area contributed by atoms with Gasteiger partial charge in [-0.3, -0.25) is 0 Å². The molecule has 0 rings (SSSR count). The van der Waals surface area contributed by atoms with E-state index in [0.29, 0.717) is 0 Å². The van der Waals surface area contributed by atoms with Crippen molar-refractivity contribution in [1.82, 2.24) is 4.90 Å². The Labute approximate surface area is 95.2 Å². The molecule has 0 amide bonds. The molecule has 1 heteroatoms. The number of likely N-dealkylation sites (N-methyl/N-ethyl adjacent to an activating group) is 1. The van der Waals surface area contributed by atoms with Crippen LogP contribution in [-0.2, 0) is 0 Å². The average molecular weight is 207 g/mol. The lowest BCUT2D eigenvalue weighted by Crippen LogP contribution is -2.18. The summed E-state index contributed by atoms with van der Waals surface area (Å²) in [5, 5.41) is 0. The van der Waals surface area contributed by atoms with Gasteiger partial charge in [-0.15, -0.1) is 0 Å². The van der Waals surface area contributed by atoms with E-state index in [-0.39, 0.29) is 0 Å². The van der Waals surface area contributed by atoms with Gasteiger partial charge in [0.1, 0.15) is 0 Å². The van der Waals surface area contributed by atoms with E-state index >= 15 is 0 Å². The van der Waals surface area contributed by atoms with Gasteiger partial charge in [0.25, 0.3) is 0 Å². The predicted molar refractivity (Wildman–Crippen MR) is 69.9 cm³/mol. The third kappa shape index (κ3) is 6.16. The van der Waals surface area contributed by atoms with E-state index in [1.165, 1.54) is 24.1 Å². The second-order valence-electron chi connectivity index (χ2n) is 4.34. The lowest BCUT2D eigenvalue weighted by atomic mass is 10.2. The number of hydrogen-bond donors (Lipinski definition) is 0. The van der Waals surface area contributed by atoms with Crippen LogP contribution < -0.4 is 0 Å². The van der Waals surface area contributed by atoms with E-state index < -0.39 is 0 Å². The van der Waals surface area contributed by atoms with Crippen LogP contribution in [0.15, 0.2) is 35.6 Å². The van der Waals surface area contributed by atoms with E-state index in [0.717, 1.165) is 12.1 Å². The molecule has 0 aromatic carbocycles. The molecule has 0 bridgehead atoms. The van der Waals surface area contributed by atoms with Crippen molar-refractivity contribution in [3.63, 3.8) is 0 Å². The van der Waals surface area contributed by atoms with Crippen LogP contribution in [0.1, 0.15) is 40.5 Å². The van der Waals surface area contributed by atoms with Crippen LogP contribution in [0.5, 0.6) is 0 Å². The van der Waals surface area contributed by atoms with Gasteiger partial charge in [-0.05, 0) is 33.3 Å². The Morgan fingerprint density at radius 2 is 1.80 bits per heavy atom. The number of hydrogen-bond acceptors (Lipinski definition) is 1. The summed E-state index contributed by atoms with van der Waals surface area (Å²) in [6.45, 7) is 13.6. The molecule has 86 valence electrons. The molecule has 1 nitrogen and oxygen atoms in total. The number of nitrogens with zero attached hydrogens (tertiary/aromatic N) is 1. The summed E-state index contributed by atoms with van der Waals surface area (Å²) < 4.78 is 0. The van der Waals surface area contributed by atoms with E-state index in [9.17, 15) is 0 Å². The molecule has 0 saturated carbocycles. The maximum Gasteiger partial charge on any atom is 0.0349 e. The smallest absolute Gasteiger partial charge is 0.0349 e. The number of allylic oxidation sites excluding steroid dienone is 4. The zero-order chi connectivity index (χ0) is 11.8. The summed E-state index contributed by atoms with van der Waals surface area (Å²) in [4.78, 5) is 2.32. The second kappa shape index (κ2) is 7.33. The van der Waals surface area contributed by atoms with E-state index in [2.05, 4.69) is 51.4 Å². The third-order valence-electron chi connectivity index (χ3n) is 2.30. The largest absolute Gasteiger partial charge is 0.375 e. The number of unbranched alkanes of at least 4 members (excludes halogenated alkanes) is 1. The average Bonchev–Trinajstić information content (AvgIpc) is 2.13. The Balaban J connectivity index is 4.55. The highest BCUT2D eigenvalue weighted by atomic mass is 15.1. The van der Waals surface area contributed by atoms with E-state index in [4.69, 9.17) is 0 Å². The SMILES string of the molecule is C=C(C)/C=C\C(=C(C)C)N(C)CCCC. The molecule has 15 heavy (non-hydrogen) atoms. The Bertz CT molecular complexity index is 255. The molecule has 0 saturated heterocycles. The molecule has 0 aliphatic carbocycles. The molecule has 0 heterocycles. The molecule has 0 aliphatic rings.